The molecule has 1 amide bonds. The summed E-state index contributed by atoms with van der Waals surface area (Å²) in [6, 6.07) is 14.6. The van der Waals surface area contributed by atoms with Crippen LogP contribution in [0.1, 0.15) is 17.3 Å². The third-order valence-electron chi connectivity index (χ3n) is 3.92. The van der Waals surface area contributed by atoms with Gasteiger partial charge >= 0.3 is 0 Å². The van der Waals surface area contributed by atoms with Crippen LogP contribution in [0.25, 0.3) is 0 Å². The standard InChI is InChI=1S/C18H19N5O3/c1-25-14-8-5-7-13(11-14)19-18(24)15(17-20-22-23-21-17)10-12-6-3-4-9-16(12)26-2/h3-9,11,15H,10H2,1-2H3,(H2,19,20,21,22,23,24)/p-1/t15-/m0/s1. The average molecular weight is 352 g/mol. The summed E-state index contributed by atoms with van der Waals surface area (Å²) in [4.78, 5) is 12.9. The Morgan fingerprint density at radius 2 is 2.00 bits per heavy atom. The average Bonchev–Trinajstić information content (AvgIpc) is 3.20. The molecule has 26 heavy (non-hydrogen) atoms. The van der Waals surface area contributed by atoms with E-state index in [9.17, 15) is 4.79 Å². The lowest BCUT2D eigenvalue weighted by Gasteiger charge is -2.18. The molecule has 0 aliphatic carbocycles. The van der Waals surface area contributed by atoms with Crippen molar-refractivity contribution in [2.24, 2.45) is 0 Å². The quantitative estimate of drug-likeness (QED) is 0.692. The van der Waals surface area contributed by atoms with Crippen LogP contribution in [-0.4, -0.2) is 35.7 Å². The molecule has 0 aliphatic heterocycles. The molecule has 0 radical (unpaired) electrons. The van der Waals surface area contributed by atoms with Gasteiger partial charge in [0, 0.05) is 17.6 Å². The van der Waals surface area contributed by atoms with Crippen LogP contribution >= 0.6 is 0 Å². The smallest absolute Gasteiger partial charge is 0.232 e. The molecule has 134 valence electrons. The van der Waals surface area contributed by atoms with Gasteiger partial charge in [0.05, 0.1) is 20.1 Å². The number of amides is 1. The Balaban J connectivity index is 1.85. The SMILES string of the molecule is COc1cccc(NC(=O)[C@@H](Cc2ccccc2OC)c2nnn[n-]2)c1. The van der Waals surface area contributed by atoms with Crippen LogP contribution in [0.15, 0.2) is 48.5 Å². The number of anilines is 1. The second kappa shape index (κ2) is 8.11. The molecule has 3 aromatic rings. The minimum atomic E-state index is -0.660. The summed E-state index contributed by atoms with van der Waals surface area (Å²) >= 11 is 0. The molecule has 1 aromatic heterocycles. The van der Waals surface area contributed by atoms with E-state index in [1.807, 2.05) is 24.3 Å². The van der Waals surface area contributed by atoms with E-state index >= 15 is 0 Å². The highest BCUT2D eigenvalue weighted by molar-refractivity contribution is 5.95. The van der Waals surface area contributed by atoms with E-state index in [0.717, 1.165) is 5.56 Å². The lowest BCUT2D eigenvalue weighted by atomic mass is 9.97. The van der Waals surface area contributed by atoms with Crippen molar-refractivity contribution in [2.75, 3.05) is 19.5 Å². The van der Waals surface area contributed by atoms with Gasteiger partial charge in [0.25, 0.3) is 0 Å². The van der Waals surface area contributed by atoms with Gasteiger partial charge in [-0.05, 0) is 30.2 Å². The van der Waals surface area contributed by atoms with Gasteiger partial charge in [-0.3, -0.25) is 15.1 Å². The minimum Gasteiger partial charge on any atom is -0.497 e. The first-order chi connectivity index (χ1) is 12.7. The fourth-order valence-electron chi connectivity index (χ4n) is 2.61. The molecule has 1 N–H and O–H groups in total. The van der Waals surface area contributed by atoms with Crippen molar-refractivity contribution in [1.82, 2.24) is 20.6 Å². The van der Waals surface area contributed by atoms with Crippen LogP contribution in [0, 0.1) is 0 Å². The number of carbonyl (C=O) groups excluding carboxylic acids is 1. The summed E-state index contributed by atoms with van der Waals surface area (Å²) in [6.07, 6.45) is 0.354. The van der Waals surface area contributed by atoms with Gasteiger partial charge in [-0.2, -0.15) is 5.21 Å². The first-order valence-corrected chi connectivity index (χ1v) is 7.96. The van der Waals surface area contributed by atoms with Gasteiger partial charge in [0.1, 0.15) is 11.5 Å². The topological polar surface area (TPSA) is 100 Å². The molecule has 0 bridgehead atoms. The van der Waals surface area contributed by atoms with Gasteiger partial charge < -0.3 is 19.9 Å². The molecule has 0 spiro atoms. The number of nitrogens with one attached hydrogen (secondary N) is 1. The zero-order chi connectivity index (χ0) is 18.4. The number of nitrogens with zero attached hydrogens (tertiary/aromatic N) is 4. The highest BCUT2D eigenvalue weighted by Crippen LogP contribution is 2.26. The number of rotatable bonds is 7. The Kier molecular flexibility index (Phi) is 5.43. The lowest BCUT2D eigenvalue weighted by molar-refractivity contribution is -0.117. The maximum atomic E-state index is 12.9. The summed E-state index contributed by atoms with van der Waals surface area (Å²) in [5.74, 6) is 0.680. The maximum absolute atomic E-state index is 12.9. The van der Waals surface area contributed by atoms with Crippen molar-refractivity contribution in [2.45, 2.75) is 12.3 Å². The van der Waals surface area contributed by atoms with E-state index in [4.69, 9.17) is 9.47 Å². The van der Waals surface area contributed by atoms with Gasteiger partial charge in [-0.1, -0.05) is 24.3 Å². The van der Waals surface area contributed by atoms with Crippen molar-refractivity contribution in [3.63, 3.8) is 0 Å². The monoisotopic (exact) mass is 352 g/mol. The zero-order valence-corrected chi connectivity index (χ0v) is 14.4. The number of benzene rings is 2. The summed E-state index contributed by atoms with van der Waals surface area (Å²) in [5, 5.41) is 17.6. The van der Waals surface area contributed by atoms with Gasteiger partial charge in [-0.15, -0.1) is 0 Å². The Morgan fingerprint density at radius 1 is 1.15 bits per heavy atom. The zero-order valence-electron chi connectivity index (χ0n) is 14.4. The Hall–Kier alpha value is -3.42. The third-order valence-corrected chi connectivity index (χ3v) is 3.92. The fourth-order valence-corrected chi connectivity index (χ4v) is 2.61. The van der Waals surface area contributed by atoms with Crippen LogP contribution in [0.4, 0.5) is 5.69 Å². The number of para-hydroxylation sites is 1. The van der Waals surface area contributed by atoms with Gasteiger partial charge in [0.2, 0.25) is 5.91 Å². The Morgan fingerprint density at radius 3 is 2.73 bits per heavy atom. The van der Waals surface area contributed by atoms with Crippen LogP contribution in [0.3, 0.4) is 0 Å². The van der Waals surface area contributed by atoms with E-state index in [1.165, 1.54) is 0 Å². The van der Waals surface area contributed by atoms with E-state index in [2.05, 4.69) is 25.9 Å². The largest absolute Gasteiger partial charge is 0.497 e. The van der Waals surface area contributed by atoms with Crippen LogP contribution in [0.5, 0.6) is 11.5 Å². The number of methoxy groups -OCH3 is 2. The predicted octanol–water partition coefficient (Wildman–Crippen LogP) is 1.81. The molecule has 0 saturated heterocycles. The van der Waals surface area contributed by atoms with Crippen molar-refractivity contribution in [3.05, 3.63) is 59.9 Å². The highest BCUT2D eigenvalue weighted by atomic mass is 16.5. The molecular weight excluding hydrogens is 334 g/mol. The van der Waals surface area contributed by atoms with E-state index < -0.39 is 5.92 Å². The molecule has 0 saturated carbocycles. The lowest BCUT2D eigenvalue weighted by Crippen LogP contribution is -2.24. The summed E-state index contributed by atoms with van der Waals surface area (Å²) in [5.41, 5.74) is 1.48. The molecule has 0 aliphatic rings. The second-order valence-corrected chi connectivity index (χ2v) is 5.53. The summed E-state index contributed by atoms with van der Waals surface area (Å²) in [6.45, 7) is 0. The first-order valence-electron chi connectivity index (χ1n) is 7.96. The Bertz CT molecular complexity index is 867. The molecule has 8 nitrogen and oxygen atoms in total. The number of tetrazole rings is 1. The minimum absolute atomic E-state index is 0.260. The van der Waals surface area contributed by atoms with Crippen molar-refractivity contribution in [1.29, 1.82) is 0 Å². The first kappa shape index (κ1) is 17.4. The fraction of sp³-hybridized carbons (Fsp3) is 0.222. The van der Waals surface area contributed by atoms with Crippen molar-refractivity contribution < 1.29 is 14.3 Å². The summed E-state index contributed by atoms with van der Waals surface area (Å²) < 4.78 is 10.6. The number of hydrogen-bond donors (Lipinski definition) is 1. The third kappa shape index (κ3) is 3.97. The van der Waals surface area contributed by atoms with Crippen LogP contribution in [-0.2, 0) is 11.2 Å². The normalized spacial score (nSPS) is 11.6. The van der Waals surface area contributed by atoms with Gasteiger partial charge in [0.15, 0.2) is 0 Å². The molecule has 0 fully saturated rings. The summed E-state index contributed by atoms with van der Waals surface area (Å²) in [7, 11) is 3.16. The second-order valence-electron chi connectivity index (χ2n) is 5.53. The van der Waals surface area contributed by atoms with Gasteiger partial charge in [-0.25, -0.2) is 0 Å². The number of hydrogen-bond acceptors (Lipinski definition) is 6. The number of carbonyl (C=O) groups is 1. The van der Waals surface area contributed by atoms with E-state index in [-0.39, 0.29) is 11.7 Å². The van der Waals surface area contributed by atoms with E-state index in [0.29, 0.717) is 23.6 Å². The number of ether oxygens (including phenoxy) is 2. The van der Waals surface area contributed by atoms with Crippen LogP contribution < -0.4 is 19.9 Å². The molecule has 3 rings (SSSR count). The molecule has 1 atom stereocenters. The number of aromatic nitrogens is 4. The predicted molar refractivity (Wildman–Crippen MR) is 94.2 cm³/mol. The highest BCUT2D eigenvalue weighted by Gasteiger charge is 2.22. The van der Waals surface area contributed by atoms with Crippen molar-refractivity contribution >= 4 is 11.6 Å². The molecule has 8 heteroatoms. The Labute approximate surface area is 150 Å². The van der Waals surface area contributed by atoms with Crippen LogP contribution in [0.2, 0.25) is 0 Å². The maximum Gasteiger partial charge on any atom is 0.232 e. The van der Waals surface area contributed by atoms with E-state index in [1.54, 1.807) is 38.5 Å². The van der Waals surface area contributed by atoms with Crippen molar-refractivity contribution in [3.8, 4) is 11.5 Å². The molecule has 0 unspecified atom stereocenters. The molecule has 2 aromatic carbocycles. The molecular formula is C18H18N5O3-. The molecule has 1 heterocycles.